The van der Waals surface area contributed by atoms with Gasteiger partial charge in [0.05, 0.1) is 4.90 Å². The number of allylic oxidation sites excluding steroid dienone is 1. The van der Waals surface area contributed by atoms with E-state index in [1.165, 1.54) is 0 Å². The molecule has 0 bridgehead atoms. The highest BCUT2D eigenvalue weighted by Gasteiger charge is 2.14. The van der Waals surface area contributed by atoms with Crippen molar-refractivity contribution in [2.24, 2.45) is 0 Å². The summed E-state index contributed by atoms with van der Waals surface area (Å²) in [5, 5.41) is 0. The maximum atomic E-state index is 11.1. The normalized spacial score (nSPS) is 11.4. The quantitative estimate of drug-likeness (QED) is 0.650. The van der Waals surface area contributed by atoms with E-state index in [2.05, 4.69) is 6.58 Å². The molecule has 3 nitrogen and oxygen atoms in total. The predicted octanol–water partition coefficient (Wildman–Crippen LogP) is 2.67. The lowest BCUT2D eigenvalue weighted by molar-refractivity contribution is 0.482. The largest absolute Gasteiger partial charge is 0.294 e. The number of aryl methyl sites for hydroxylation is 3. The van der Waals surface area contributed by atoms with E-state index in [9.17, 15) is 8.42 Å². The van der Waals surface area contributed by atoms with E-state index in [0.717, 1.165) is 24.0 Å². The first kappa shape index (κ1) is 12.9. The number of benzene rings is 1. The molecule has 0 heterocycles. The minimum absolute atomic E-state index is 0.00263. The van der Waals surface area contributed by atoms with Gasteiger partial charge in [-0.2, -0.15) is 8.42 Å². The van der Waals surface area contributed by atoms with Gasteiger partial charge in [-0.1, -0.05) is 12.1 Å². The van der Waals surface area contributed by atoms with Gasteiger partial charge >= 0.3 is 0 Å². The molecule has 1 aromatic carbocycles. The Bertz CT molecular complexity index is 501. The standard InChI is InChI=1S/C12H16O3S/c1-4-5-6-11-8-12(16(13,14)15)10(3)7-9(11)2/h4,7-8H,1,5-6H2,2-3H3,(H,13,14,15). The third kappa shape index (κ3) is 2.93. The van der Waals surface area contributed by atoms with Crippen molar-refractivity contribution >= 4 is 10.1 Å². The van der Waals surface area contributed by atoms with Gasteiger partial charge in [-0.25, -0.2) is 0 Å². The van der Waals surface area contributed by atoms with Gasteiger partial charge in [-0.05, 0) is 49.4 Å². The molecule has 0 atom stereocenters. The Morgan fingerprint density at radius 3 is 2.44 bits per heavy atom. The Hall–Kier alpha value is -1.13. The van der Waals surface area contributed by atoms with Gasteiger partial charge in [-0.3, -0.25) is 4.55 Å². The fourth-order valence-electron chi connectivity index (χ4n) is 1.68. The molecular formula is C12H16O3S. The topological polar surface area (TPSA) is 54.4 Å². The van der Waals surface area contributed by atoms with Crippen LogP contribution in [0.15, 0.2) is 29.7 Å². The van der Waals surface area contributed by atoms with Gasteiger partial charge in [0.25, 0.3) is 10.1 Å². The minimum atomic E-state index is -4.12. The maximum absolute atomic E-state index is 11.1. The molecule has 88 valence electrons. The van der Waals surface area contributed by atoms with Gasteiger partial charge in [0.15, 0.2) is 0 Å². The molecular weight excluding hydrogens is 224 g/mol. The number of hydrogen-bond acceptors (Lipinski definition) is 2. The molecule has 0 spiro atoms. The summed E-state index contributed by atoms with van der Waals surface area (Å²) in [6.07, 6.45) is 3.30. The maximum Gasteiger partial charge on any atom is 0.294 e. The summed E-state index contributed by atoms with van der Waals surface area (Å²) in [6.45, 7) is 7.23. The van der Waals surface area contributed by atoms with Crippen LogP contribution >= 0.6 is 0 Å². The molecule has 0 aromatic heterocycles. The molecule has 1 aromatic rings. The Morgan fingerprint density at radius 1 is 1.31 bits per heavy atom. The molecule has 0 unspecified atom stereocenters. The molecule has 0 aliphatic heterocycles. The number of hydrogen-bond donors (Lipinski definition) is 1. The highest BCUT2D eigenvalue weighted by molar-refractivity contribution is 7.85. The summed E-state index contributed by atoms with van der Waals surface area (Å²) in [5.74, 6) is 0. The Morgan fingerprint density at radius 2 is 1.94 bits per heavy atom. The highest BCUT2D eigenvalue weighted by atomic mass is 32.2. The lowest BCUT2D eigenvalue weighted by Crippen LogP contribution is -2.03. The van der Waals surface area contributed by atoms with Crippen molar-refractivity contribution < 1.29 is 13.0 Å². The van der Waals surface area contributed by atoms with Crippen molar-refractivity contribution in [2.75, 3.05) is 0 Å². The van der Waals surface area contributed by atoms with E-state index in [1.54, 1.807) is 25.1 Å². The van der Waals surface area contributed by atoms with Gasteiger partial charge in [0.2, 0.25) is 0 Å². The van der Waals surface area contributed by atoms with Crippen LogP contribution in [0.3, 0.4) is 0 Å². The van der Waals surface area contributed by atoms with Crippen LogP contribution in [-0.2, 0) is 16.5 Å². The molecule has 0 aliphatic carbocycles. The molecule has 16 heavy (non-hydrogen) atoms. The van der Waals surface area contributed by atoms with Crippen LogP contribution in [0.1, 0.15) is 23.1 Å². The first-order valence-electron chi connectivity index (χ1n) is 5.04. The lowest BCUT2D eigenvalue weighted by Gasteiger charge is -2.09. The molecule has 1 rings (SSSR count). The van der Waals surface area contributed by atoms with Crippen molar-refractivity contribution in [3.05, 3.63) is 41.5 Å². The fourth-order valence-corrected chi connectivity index (χ4v) is 2.44. The van der Waals surface area contributed by atoms with Crippen LogP contribution in [0.4, 0.5) is 0 Å². The van der Waals surface area contributed by atoms with Crippen LogP contribution in [0.5, 0.6) is 0 Å². The number of rotatable bonds is 4. The van der Waals surface area contributed by atoms with Gasteiger partial charge < -0.3 is 0 Å². The van der Waals surface area contributed by atoms with Gasteiger partial charge in [-0.15, -0.1) is 6.58 Å². The zero-order chi connectivity index (χ0) is 12.3. The van der Waals surface area contributed by atoms with Crippen molar-refractivity contribution in [2.45, 2.75) is 31.6 Å². The third-order valence-electron chi connectivity index (χ3n) is 2.53. The predicted molar refractivity (Wildman–Crippen MR) is 64.2 cm³/mol. The van der Waals surface area contributed by atoms with E-state index < -0.39 is 10.1 Å². The fraction of sp³-hybridized carbons (Fsp3) is 0.333. The second kappa shape index (κ2) is 4.80. The molecule has 0 amide bonds. The molecule has 1 N–H and O–H groups in total. The smallest absolute Gasteiger partial charge is 0.282 e. The Labute approximate surface area is 96.6 Å². The van der Waals surface area contributed by atoms with E-state index in [0.29, 0.717) is 5.56 Å². The first-order valence-corrected chi connectivity index (χ1v) is 6.48. The summed E-state index contributed by atoms with van der Waals surface area (Å²) >= 11 is 0. The van der Waals surface area contributed by atoms with Crippen LogP contribution < -0.4 is 0 Å². The zero-order valence-electron chi connectivity index (χ0n) is 9.53. The molecule has 0 aliphatic rings. The van der Waals surface area contributed by atoms with E-state index in [4.69, 9.17) is 4.55 Å². The summed E-state index contributed by atoms with van der Waals surface area (Å²) in [5.41, 5.74) is 2.53. The summed E-state index contributed by atoms with van der Waals surface area (Å²) < 4.78 is 31.3. The van der Waals surface area contributed by atoms with E-state index >= 15 is 0 Å². The Kier molecular flexibility index (Phi) is 3.88. The van der Waals surface area contributed by atoms with Crippen molar-refractivity contribution in [1.82, 2.24) is 0 Å². The van der Waals surface area contributed by atoms with Crippen molar-refractivity contribution in [3.63, 3.8) is 0 Å². The van der Waals surface area contributed by atoms with Crippen molar-refractivity contribution in [1.29, 1.82) is 0 Å². The van der Waals surface area contributed by atoms with E-state index in [-0.39, 0.29) is 4.90 Å². The summed E-state index contributed by atoms with van der Waals surface area (Å²) in [7, 11) is -4.12. The second-order valence-electron chi connectivity index (χ2n) is 3.85. The summed E-state index contributed by atoms with van der Waals surface area (Å²) in [6, 6.07) is 3.32. The van der Waals surface area contributed by atoms with E-state index in [1.807, 2.05) is 6.92 Å². The lowest BCUT2D eigenvalue weighted by atomic mass is 10.0. The summed E-state index contributed by atoms with van der Waals surface area (Å²) in [4.78, 5) is -0.00263. The zero-order valence-corrected chi connectivity index (χ0v) is 10.3. The van der Waals surface area contributed by atoms with Crippen LogP contribution in [0.25, 0.3) is 0 Å². The van der Waals surface area contributed by atoms with Crippen LogP contribution in [-0.4, -0.2) is 13.0 Å². The molecule has 0 radical (unpaired) electrons. The highest BCUT2D eigenvalue weighted by Crippen LogP contribution is 2.21. The molecule has 4 heteroatoms. The third-order valence-corrected chi connectivity index (χ3v) is 3.52. The minimum Gasteiger partial charge on any atom is -0.282 e. The van der Waals surface area contributed by atoms with Gasteiger partial charge in [0, 0.05) is 0 Å². The average Bonchev–Trinajstić information content (AvgIpc) is 2.14. The molecule has 0 saturated heterocycles. The monoisotopic (exact) mass is 240 g/mol. The van der Waals surface area contributed by atoms with Crippen molar-refractivity contribution in [3.8, 4) is 0 Å². The second-order valence-corrected chi connectivity index (χ2v) is 5.24. The van der Waals surface area contributed by atoms with Gasteiger partial charge in [0.1, 0.15) is 0 Å². The molecule has 0 saturated carbocycles. The SMILES string of the molecule is C=CCCc1cc(S(=O)(=O)O)c(C)cc1C. The first-order chi connectivity index (χ1) is 7.36. The average molecular weight is 240 g/mol. The van der Waals surface area contributed by atoms with Crippen LogP contribution in [0, 0.1) is 13.8 Å². The molecule has 0 fully saturated rings. The van der Waals surface area contributed by atoms with Crippen LogP contribution in [0.2, 0.25) is 0 Å². The Balaban J connectivity index is 3.27.